The molecule has 1 aromatic heterocycles. The highest BCUT2D eigenvalue weighted by molar-refractivity contribution is 7.90. The van der Waals surface area contributed by atoms with Crippen molar-refractivity contribution >= 4 is 9.84 Å². The Bertz CT molecular complexity index is 734. The lowest BCUT2D eigenvalue weighted by Gasteiger charge is -2.05. The summed E-state index contributed by atoms with van der Waals surface area (Å²) in [5, 5.41) is 8.84. The van der Waals surface area contributed by atoms with E-state index in [-0.39, 0.29) is 16.5 Å². The van der Waals surface area contributed by atoms with E-state index in [4.69, 9.17) is 10.00 Å². The monoisotopic (exact) mass is 275 g/mol. The SMILES string of the molecule is CS(=O)(=O)c1ccc(Oc2nccnc2C#N)cc1. The van der Waals surface area contributed by atoms with Gasteiger partial charge in [0.25, 0.3) is 5.88 Å². The molecule has 0 amide bonds. The van der Waals surface area contributed by atoms with Crippen LogP contribution in [0.2, 0.25) is 0 Å². The Morgan fingerprint density at radius 1 is 1.16 bits per heavy atom. The minimum Gasteiger partial charge on any atom is -0.436 e. The summed E-state index contributed by atoms with van der Waals surface area (Å²) in [7, 11) is -3.24. The fourth-order valence-corrected chi connectivity index (χ4v) is 1.97. The number of rotatable bonds is 3. The van der Waals surface area contributed by atoms with Crippen LogP contribution in [0, 0.1) is 11.3 Å². The quantitative estimate of drug-likeness (QED) is 0.843. The molecule has 0 saturated carbocycles. The Morgan fingerprint density at radius 2 is 1.79 bits per heavy atom. The predicted octanol–water partition coefficient (Wildman–Crippen LogP) is 1.54. The van der Waals surface area contributed by atoms with E-state index in [1.54, 1.807) is 0 Å². The van der Waals surface area contributed by atoms with E-state index < -0.39 is 9.84 Å². The molecular weight excluding hydrogens is 266 g/mol. The molecule has 6 nitrogen and oxygen atoms in total. The second kappa shape index (κ2) is 5.04. The molecule has 0 aliphatic carbocycles. The minimum absolute atomic E-state index is 0.0645. The van der Waals surface area contributed by atoms with Crippen molar-refractivity contribution in [3.05, 3.63) is 42.4 Å². The highest BCUT2D eigenvalue weighted by Gasteiger charge is 2.09. The summed E-state index contributed by atoms with van der Waals surface area (Å²) in [5.74, 6) is 0.460. The molecule has 0 saturated heterocycles. The van der Waals surface area contributed by atoms with Gasteiger partial charge in [0.05, 0.1) is 4.90 Å². The summed E-state index contributed by atoms with van der Waals surface area (Å²) in [6.45, 7) is 0. The molecule has 0 radical (unpaired) electrons. The average molecular weight is 275 g/mol. The van der Waals surface area contributed by atoms with Crippen molar-refractivity contribution in [3.63, 3.8) is 0 Å². The van der Waals surface area contributed by atoms with Crippen molar-refractivity contribution in [3.8, 4) is 17.7 Å². The number of nitrogens with zero attached hydrogens (tertiary/aromatic N) is 3. The lowest BCUT2D eigenvalue weighted by atomic mass is 10.3. The fraction of sp³-hybridized carbons (Fsp3) is 0.0833. The van der Waals surface area contributed by atoms with Crippen LogP contribution >= 0.6 is 0 Å². The summed E-state index contributed by atoms with van der Waals surface area (Å²) in [5.41, 5.74) is 0.0645. The topological polar surface area (TPSA) is 92.9 Å². The summed E-state index contributed by atoms with van der Waals surface area (Å²) >= 11 is 0. The zero-order valence-electron chi connectivity index (χ0n) is 9.94. The Morgan fingerprint density at radius 3 is 2.37 bits per heavy atom. The smallest absolute Gasteiger partial charge is 0.256 e. The van der Waals surface area contributed by atoms with Crippen LogP contribution in [-0.2, 0) is 9.84 Å². The molecule has 0 fully saturated rings. The van der Waals surface area contributed by atoms with Gasteiger partial charge >= 0.3 is 0 Å². The van der Waals surface area contributed by atoms with Gasteiger partial charge in [0.15, 0.2) is 9.84 Å². The van der Waals surface area contributed by atoms with Crippen LogP contribution in [0.25, 0.3) is 0 Å². The third-order valence-corrected chi connectivity index (χ3v) is 3.37. The van der Waals surface area contributed by atoms with Gasteiger partial charge in [-0.3, -0.25) is 0 Å². The predicted molar refractivity (Wildman–Crippen MR) is 66.4 cm³/mol. The maximum Gasteiger partial charge on any atom is 0.256 e. The first-order chi connectivity index (χ1) is 9.00. The normalized spacial score (nSPS) is 10.7. The fourth-order valence-electron chi connectivity index (χ4n) is 1.34. The van der Waals surface area contributed by atoms with Gasteiger partial charge in [0.2, 0.25) is 5.69 Å². The van der Waals surface area contributed by atoms with Crippen LogP contribution in [0.15, 0.2) is 41.6 Å². The van der Waals surface area contributed by atoms with Crippen LogP contribution in [0.3, 0.4) is 0 Å². The van der Waals surface area contributed by atoms with Crippen molar-refractivity contribution in [2.75, 3.05) is 6.26 Å². The van der Waals surface area contributed by atoms with E-state index in [1.165, 1.54) is 36.7 Å². The average Bonchev–Trinajstić information content (AvgIpc) is 2.39. The van der Waals surface area contributed by atoms with Crippen molar-refractivity contribution in [1.29, 1.82) is 5.26 Å². The minimum atomic E-state index is -3.24. The highest BCUT2D eigenvalue weighted by Crippen LogP contribution is 2.22. The second-order valence-electron chi connectivity index (χ2n) is 3.67. The summed E-state index contributed by atoms with van der Waals surface area (Å²) in [6, 6.07) is 7.69. The summed E-state index contributed by atoms with van der Waals surface area (Å²) < 4.78 is 28.0. The Balaban J connectivity index is 2.28. The number of nitriles is 1. The standard InChI is InChI=1S/C12H9N3O3S/c1-19(16,17)10-4-2-9(3-5-10)18-12-11(8-13)14-6-7-15-12/h2-7H,1H3. The van der Waals surface area contributed by atoms with Gasteiger partial charge in [-0.25, -0.2) is 18.4 Å². The van der Waals surface area contributed by atoms with Gasteiger partial charge in [-0.05, 0) is 24.3 Å². The second-order valence-corrected chi connectivity index (χ2v) is 5.68. The van der Waals surface area contributed by atoms with Crippen molar-refractivity contribution in [2.24, 2.45) is 0 Å². The Labute approximate surface area is 110 Å². The molecule has 0 aliphatic heterocycles. The summed E-state index contributed by atoms with van der Waals surface area (Å²) in [6.07, 6.45) is 3.92. The number of benzene rings is 1. The molecule has 0 bridgehead atoms. The maximum atomic E-state index is 11.3. The van der Waals surface area contributed by atoms with Gasteiger partial charge < -0.3 is 4.74 Å². The molecule has 96 valence electrons. The molecule has 0 N–H and O–H groups in total. The van der Waals surface area contributed by atoms with Crippen LogP contribution in [0.1, 0.15) is 5.69 Å². The third kappa shape index (κ3) is 3.05. The van der Waals surface area contributed by atoms with E-state index in [2.05, 4.69) is 9.97 Å². The number of aromatic nitrogens is 2. The first-order valence-corrected chi connectivity index (χ1v) is 7.09. The van der Waals surface area contributed by atoms with Gasteiger partial charge in [-0.15, -0.1) is 0 Å². The van der Waals surface area contributed by atoms with E-state index in [9.17, 15) is 8.42 Å². The molecule has 0 atom stereocenters. The van der Waals surface area contributed by atoms with E-state index in [0.29, 0.717) is 5.75 Å². The van der Waals surface area contributed by atoms with Crippen LogP contribution in [0.4, 0.5) is 0 Å². The van der Waals surface area contributed by atoms with Crippen molar-refractivity contribution in [2.45, 2.75) is 4.90 Å². The molecule has 2 rings (SSSR count). The Kier molecular flexibility index (Phi) is 3.44. The Hall–Kier alpha value is -2.46. The van der Waals surface area contributed by atoms with Crippen molar-refractivity contribution < 1.29 is 13.2 Å². The number of hydrogen-bond donors (Lipinski definition) is 0. The van der Waals surface area contributed by atoms with Crippen LogP contribution in [0.5, 0.6) is 11.6 Å². The van der Waals surface area contributed by atoms with E-state index in [1.807, 2.05) is 6.07 Å². The van der Waals surface area contributed by atoms with Crippen LogP contribution < -0.4 is 4.74 Å². The number of ether oxygens (including phenoxy) is 1. The molecule has 7 heteroatoms. The molecule has 0 unspecified atom stereocenters. The van der Waals surface area contributed by atoms with Gasteiger partial charge in [-0.1, -0.05) is 0 Å². The number of sulfone groups is 1. The maximum absolute atomic E-state index is 11.3. The molecular formula is C12H9N3O3S. The third-order valence-electron chi connectivity index (χ3n) is 2.24. The zero-order chi connectivity index (χ0) is 13.9. The molecule has 1 heterocycles. The number of hydrogen-bond acceptors (Lipinski definition) is 6. The van der Waals surface area contributed by atoms with Crippen molar-refractivity contribution in [1.82, 2.24) is 9.97 Å². The van der Waals surface area contributed by atoms with E-state index in [0.717, 1.165) is 6.26 Å². The zero-order valence-corrected chi connectivity index (χ0v) is 10.8. The molecule has 0 aliphatic rings. The molecule has 19 heavy (non-hydrogen) atoms. The highest BCUT2D eigenvalue weighted by atomic mass is 32.2. The lowest BCUT2D eigenvalue weighted by molar-refractivity contribution is 0.457. The van der Waals surface area contributed by atoms with Gasteiger partial charge in [-0.2, -0.15) is 5.26 Å². The summed E-state index contributed by atoms with van der Waals surface area (Å²) in [4.78, 5) is 7.89. The first kappa shape index (κ1) is 13.0. The largest absolute Gasteiger partial charge is 0.436 e. The van der Waals surface area contributed by atoms with Gasteiger partial charge in [0.1, 0.15) is 11.8 Å². The van der Waals surface area contributed by atoms with E-state index >= 15 is 0 Å². The lowest BCUT2D eigenvalue weighted by Crippen LogP contribution is -1.97. The molecule has 1 aromatic carbocycles. The first-order valence-electron chi connectivity index (χ1n) is 5.20. The van der Waals surface area contributed by atoms with Crippen LogP contribution in [-0.4, -0.2) is 24.6 Å². The molecule has 0 spiro atoms. The van der Waals surface area contributed by atoms with Gasteiger partial charge in [0, 0.05) is 18.6 Å². The molecule has 2 aromatic rings.